The first kappa shape index (κ1) is 14.6. The number of hydrogen-bond donors (Lipinski definition) is 1. The fraction of sp³-hybridized carbons (Fsp3) is 0.750. The van der Waals surface area contributed by atoms with E-state index in [0.717, 1.165) is 37.4 Å². The summed E-state index contributed by atoms with van der Waals surface area (Å²) in [6.07, 6.45) is 8.34. The lowest BCUT2D eigenvalue weighted by molar-refractivity contribution is -0.142. The average molecular weight is 291 g/mol. The Morgan fingerprint density at radius 3 is 3.00 bits per heavy atom. The van der Waals surface area contributed by atoms with Crippen LogP contribution in [0.5, 0.6) is 0 Å². The van der Waals surface area contributed by atoms with Gasteiger partial charge in [0.1, 0.15) is 5.82 Å². The van der Waals surface area contributed by atoms with Crippen molar-refractivity contribution in [3.63, 3.8) is 0 Å². The molecule has 2 aliphatic rings. The van der Waals surface area contributed by atoms with Gasteiger partial charge >= 0.3 is 5.97 Å². The van der Waals surface area contributed by atoms with Crippen molar-refractivity contribution in [2.75, 3.05) is 13.1 Å². The van der Waals surface area contributed by atoms with E-state index in [1.54, 1.807) is 0 Å². The molecule has 5 nitrogen and oxygen atoms in total. The zero-order valence-electron chi connectivity index (χ0n) is 12.8. The van der Waals surface area contributed by atoms with Crippen molar-refractivity contribution in [1.82, 2.24) is 14.5 Å². The zero-order chi connectivity index (χ0) is 14.8. The number of fused-ring (bicyclic) bond motifs is 1. The number of carboxylic acids is 1. The molecular formula is C16H25N3O2. The predicted molar refractivity (Wildman–Crippen MR) is 80.3 cm³/mol. The average Bonchev–Trinajstić information content (AvgIpc) is 2.89. The fourth-order valence-electron chi connectivity index (χ4n) is 3.75. The van der Waals surface area contributed by atoms with E-state index in [-0.39, 0.29) is 5.92 Å². The summed E-state index contributed by atoms with van der Waals surface area (Å²) in [6.45, 7) is 5.34. The number of rotatable bonds is 4. The van der Waals surface area contributed by atoms with Crippen molar-refractivity contribution in [3.8, 4) is 0 Å². The second-order valence-corrected chi connectivity index (χ2v) is 6.35. The molecule has 1 fully saturated rings. The van der Waals surface area contributed by atoms with Gasteiger partial charge in [-0.1, -0.05) is 13.3 Å². The summed E-state index contributed by atoms with van der Waals surface area (Å²) in [4.78, 5) is 18.4. The number of carboxylic acid groups (broad SMARTS) is 1. The number of carbonyl (C=O) groups is 1. The molecule has 2 aliphatic heterocycles. The normalized spacial score (nSPS) is 26.5. The number of aryl methyl sites for hydroxylation is 1. The molecular weight excluding hydrogens is 266 g/mol. The third-order valence-electron chi connectivity index (χ3n) is 5.01. The topological polar surface area (TPSA) is 58.4 Å². The van der Waals surface area contributed by atoms with E-state index in [2.05, 4.69) is 22.6 Å². The Kier molecular flexibility index (Phi) is 4.29. The Morgan fingerprint density at radius 1 is 1.38 bits per heavy atom. The van der Waals surface area contributed by atoms with Gasteiger partial charge in [0, 0.05) is 31.6 Å². The summed E-state index contributed by atoms with van der Waals surface area (Å²) < 4.78 is 2.16. The van der Waals surface area contributed by atoms with E-state index in [1.807, 2.05) is 0 Å². The number of nitrogens with zero attached hydrogens (tertiary/aromatic N) is 3. The van der Waals surface area contributed by atoms with E-state index in [0.29, 0.717) is 12.5 Å². The fourth-order valence-corrected chi connectivity index (χ4v) is 3.75. The number of likely N-dealkylation sites (N-methyl/N-ethyl adjacent to an activating group) is 1. The number of hydrogen-bond acceptors (Lipinski definition) is 3. The first-order valence-corrected chi connectivity index (χ1v) is 8.19. The van der Waals surface area contributed by atoms with E-state index >= 15 is 0 Å². The summed E-state index contributed by atoms with van der Waals surface area (Å²) in [6, 6.07) is 0.607. The third kappa shape index (κ3) is 3.12. The van der Waals surface area contributed by atoms with Crippen LogP contribution in [0.25, 0.3) is 0 Å². The van der Waals surface area contributed by atoms with Crippen LogP contribution in [0.1, 0.15) is 44.1 Å². The number of aliphatic carboxylic acids is 1. The van der Waals surface area contributed by atoms with E-state index < -0.39 is 5.97 Å². The molecule has 0 aliphatic carbocycles. The molecule has 1 aromatic rings. The van der Waals surface area contributed by atoms with Gasteiger partial charge in [0.2, 0.25) is 0 Å². The minimum absolute atomic E-state index is 0.255. The Morgan fingerprint density at radius 2 is 2.24 bits per heavy atom. The van der Waals surface area contributed by atoms with Crippen LogP contribution in [0.15, 0.2) is 6.20 Å². The maximum Gasteiger partial charge on any atom is 0.307 e. The maximum atomic E-state index is 11.1. The SMILES string of the molecule is CCN1CCCCC1Cc1cn2c(n1)CC(C(=O)O)CC2. The third-order valence-corrected chi connectivity index (χ3v) is 5.01. The van der Waals surface area contributed by atoms with Crippen LogP contribution in [0.2, 0.25) is 0 Å². The molecule has 3 rings (SSSR count). The summed E-state index contributed by atoms with van der Waals surface area (Å²) in [5.41, 5.74) is 1.14. The van der Waals surface area contributed by atoms with E-state index in [1.165, 1.54) is 25.8 Å². The van der Waals surface area contributed by atoms with Gasteiger partial charge < -0.3 is 14.6 Å². The lowest BCUT2D eigenvalue weighted by atomic mass is 9.98. The molecule has 0 amide bonds. The summed E-state index contributed by atoms with van der Waals surface area (Å²) in [5.74, 6) is 0.0207. The second-order valence-electron chi connectivity index (χ2n) is 6.35. The Hall–Kier alpha value is -1.36. The summed E-state index contributed by atoms with van der Waals surface area (Å²) in [7, 11) is 0. The van der Waals surface area contributed by atoms with Crippen LogP contribution in [-0.4, -0.2) is 44.7 Å². The maximum absolute atomic E-state index is 11.1. The van der Waals surface area contributed by atoms with Crippen LogP contribution in [0.3, 0.4) is 0 Å². The van der Waals surface area contributed by atoms with Gasteiger partial charge in [-0.2, -0.15) is 0 Å². The van der Waals surface area contributed by atoms with E-state index in [4.69, 9.17) is 10.1 Å². The molecule has 116 valence electrons. The molecule has 5 heteroatoms. The standard InChI is InChI=1S/C16H25N3O2/c1-2-18-7-4-3-5-14(18)10-13-11-19-8-6-12(16(20)21)9-15(19)17-13/h11-12,14H,2-10H2,1H3,(H,20,21). The molecule has 3 heterocycles. The van der Waals surface area contributed by atoms with Gasteiger partial charge in [-0.15, -0.1) is 0 Å². The molecule has 0 spiro atoms. The van der Waals surface area contributed by atoms with Crippen molar-refractivity contribution in [2.45, 2.75) is 58.0 Å². The van der Waals surface area contributed by atoms with Gasteiger partial charge in [-0.3, -0.25) is 4.79 Å². The highest BCUT2D eigenvalue weighted by Gasteiger charge is 2.27. The summed E-state index contributed by atoms with van der Waals surface area (Å²) >= 11 is 0. The quantitative estimate of drug-likeness (QED) is 0.921. The van der Waals surface area contributed by atoms with Gasteiger partial charge in [-0.05, 0) is 32.4 Å². The lowest BCUT2D eigenvalue weighted by Crippen LogP contribution is -2.40. The molecule has 2 unspecified atom stereocenters. The molecule has 21 heavy (non-hydrogen) atoms. The largest absolute Gasteiger partial charge is 0.481 e. The van der Waals surface area contributed by atoms with Gasteiger partial charge in [0.25, 0.3) is 0 Å². The minimum atomic E-state index is -0.685. The first-order chi connectivity index (χ1) is 10.2. The van der Waals surface area contributed by atoms with Crippen molar-refractivity contribution >= 4 is 5.97 Å². The monoisotopic (exact) mass is 291 g/mol. The van der Waals surface area contributed by atoms with Crippen LogP contribution in [0.4, 0.5) is 0 Å². The van der Waals surface area contributed by atoms with Crippen molar-refractivity contribution in [2.24, 2.45) is 5.92 Å². The smallest absolute Gasteiger partial charge is 0.307 e. The highest BCUT2D eigenvalue weighted by molar-refractivity contribution is 5.70. The molecule has 2 atom stereocenters. The van der Waals surface area contributed by atoms with Gasteiger partial charge in [0.15, 0.2) is 0 Å². The molecule has 0 radical (unpaired) electrons. The number of aromatic nitrogens is 2. The Bertz CT molecular complexity index is 512. The second kappa shape index (κ2) is 6.18. The van der Waals surface area contributed by atoms with Crippen LogP contribution in [0, 0.1) is 5.92 Å². The van der Waals surface area contributed by atoms with Crippen LogP contribution >= 0.6 is 0 Å². The van der Waals surface area contributed by atoms with E-state index in [9.17, 15) is 4.79 Å². The highest BCUT2D eigenvalue weighted by Crippen LogP contribution is 2.24. The van der Waals surface area contributed by atoms with Crippen LogP contribution < -0.4 is 0 Å². The molecule has 1 aromatic heterocycles. The zero-order valence-corrected chi connectivity index (χ0v) is 12.8. The highest BCUT2D eigenvalue weighted by atomic mass is 16.4. The molecule has 0 saturated carbocycles. The molecule has 1 N–H and O–H groups in total. The Labute approximate surface area is 126 Å². The molecule has 0 aromatic carbocycles. The van der Waals surface area contributed by atoms with Crippen molar-refractivity contribution < 1.29 is 9.90 Å². The minimum Gasteiger partial charge on any atom is -0.481 e. The summed E-state index contributed by atoms with van der Waals surface area (Å²) in [5, 5.41) is 9.15. The molecule has 0 bridgehead atoms. The number of imidazole rings is 1. The van der Waals surface area contributed by atoms with Gasteiger partial charge in [0.05, 0.1) is 11.6 Å². The number of likely N-dealkylation sites (tertiary alicyclic amines) is 1. The predicted octanol–water partition coefficient (Wildman–Crippen LogP) is 1.95. The number of piperidine rings is 1. The first-order valence-electron chi connectivity index (χ1n) is 8.19. The van der Waals surface area contributed by atoms with Crippen molar-refractivity contribution in [1.29, 1.82) is 0 Å². The van der Waals surface area contributed by atoms with Crippen molar-refractivity contribution in [3.05, 3.63) is 17.7 Å². The lowest BCUT2D eigenvalue weighted by Gasteiger charge is -2.34. The Balaban J connectivity index is 1.69. The molecule has 1 saturated heterocycles. The van der Waals surface area contributed by atoms with Gasteiger partial charge in [-0.25, -0.2) is 4.98 Å². The van der Waals surface area contributed by atoms with Crippen LogP contribution in [-0.2, 0) is 24.2 Å².